The van der Waals surface area contributed by atoms with E-state index < -0.39 is 0 Å². The van der Waals surface area contributed by atoms with Gasteiger partial charge in [0.2, 0.25) is 0 Å². The first-order chi connectivity index (χ1) is 10.3. The minimum Gasteiger partial charge on any atom is -0.357 e. The third kappa shape index (κ3) is 5.25. The van der Waals surface area contributed by atoms with Crippen molar-refractivity contribution in [1.82, 2.24) is 15.5 Å². The summed E-state index contributed by atoms with van der Waals surface area (Å²) in [7, 11) is 0. The molecule has 128 valence electrons. The van der Waals surface area contributed by atoms with E-state index in [9.17, 15) is 0 Å². The molecule has 1 aliphatic heterocycles. The van der Waals surface area contributed by atoms with Crippen LogP contribution in [0, 0.1) is 11.3 Å². The van der Waals surface area contributed by atoms with Crippen molar-refractivity contribution in [3.05, 3.63) is 0 Å². The van der Waals surface area contributed by atoms with Gasteiger partial charge >= 0.3 is 0 Å². The second-order valence-electron chi connectivity index (χ2n) is 7.16. The van der Waals surface area contributed by atoms with Crippen LogP contribution in [0.15, 0.2) is 4.99 Å². The summed E-state index contributed by atoms with van der Waals surface area (Å²) >= 11 is 0. The van der Waals surface area contributed by atoms with Gasteiger partial charge in [0.15, 0.2) is 5.96 Å². The predicted octanol–water partition coefficient (Wildman–Crippen LogP) is 2.84. The summed E-state index contributed by atoms with van der Waals surface area (Å²) in [5, 5.41) is 6.93. The third-order valence-electron chi connectivity index (χ3n) is 5.40. The highest BCUT2D eigenvalue weighted by Gasteiger charge is 2.53. The van der Waals surface area contributed by atoms with Crippen LogP contribution in [0.1, 0.15) is 51.9 Å². The van der Waals surface area contributed by atoms with Gasteiger partial charge in [-0.15, -0.1) is 24.0 Å². The molecular formula is C17H33IN4. The molecule has 3 rings (SSSR count). The Hall–Kier alpha value is -0.0400. The number of likely N-dealkylation sites (tertiary alicyclic amines) is 1. The van der Waals surface area contributed by atoms with Crippen molar-refractivity contribution < 1.29 is 0 Å². The van der Waals surface area contributed by atoms with Gasteiger partial charge in [0.1, 0.15) is 0 Å². The lowest BCUT2D eigenvalue weighted by Crippen LogP contribution is -2.43. The number of aliphatic imine (C=N–C) groups is 1. The first-order valence-electron chi connectivity index (χ1n) is 9.07. The number of nitrogens with one attached hydrogen (secondary N) is 2. The van der Waals surface area contributed by atoms with Crippen molar-refractivity contribution >= 4 is 29.9 Å². The minimum atomic E-state index is 0. The second kappa shape index (κ2) is 8.71. The lowest BCUT2D eigenvalue weighted by molar-refractivity contribution is 0.232. The predicted molar refractivity (Wildman–Crippen MR) is 104 cm³/mol. The van der Waals surface area contributed by atoms with Crippen LogP contribution < -0.4 is 10.6 Å². The first kappa shape index (κ1) is 18.3. The van der Waals surface area contributed by atoms with Crippen LogP contribution in [0.4, 0.5) is 0 Å². The average molecular weight is 420 g/mol. The Bertz CT molecular complexity index is 358. The Morgan fingerprint density at radius 3 is 2.45 bits per heavy atom. The lowest BCUT2D eigenvalue weighted by Gasteiger charge is -2.26. The Morgan fingerprint density at radius 1 is 1.14 bits per heavy atom. The molecule has 22 heavy (non-hydrogen) atoms. The van der Waals surface area contributed by atoms with E-state index in [-0.39, 0.29) is 24.0 Å². The van der Waals surface area contributed by atoms with E-state index in [2.05, 4.69) is 22.5 Å². The summed E-state index contributed by atoms with van der Waals surface area (Å²) in [5.74, 6) is 2.03. The molecule has 0 amide bonds. The average Bonchev–Trinajstić information content (AvgIpc) is 3.39. The number of nitrogens with zero attached hydrogens (tertiary/aromatic N) is 2. The van der Waals surface area contributed by atoms with Crippen LogP contribution >= 0.6 is 24.0 Å². The zero-order valence-electron chi connectivity index (χ0n) is 14.1. The van der Waals surface area contributed by atoms with E-state index in [1.807, 2.05) is 0 Å². The van der Waals surface area contributed by atoms with Crippen LogP contribution in [0.3, 0.4) is 0 Å². The fourth-order valence-electron chi connectivity index (χ4n) is 3.65. The molecular weight excluding hydrogens is 387 g/mol. The van der Waals surface area contributed by atoms with Crippen molar-refractivity contribution in [2.75, 3.05) is 39.3 Å². The Labute approximate surface area is 152 Å². The van der Waals surface area contributed by atoms with Gasteiger partial charge in [-0.2, -0.15) is 0 Å². The van der Waals surface area contributed by atoms with Gasteiger partial charge in [-0.25, -0.2) is 0 Å². The summed E-state index contributed by atoms with van der Waals surface area (Å²) in [4.78, 5) is 7.44. The molecule has 2 aliphatic carbocycles. The molecule has 0 unspecified atom stereocenters. The summed E-state index contributed by atoms with van der Waals surface area (Å²) in [5.41, 5.74) is 0.606. The van der Waals surface area contributed by atoms with Crippen molar-refractivity contribution in [3.63, 3.8) is 0 Å². The van der Waals surface area contributed by atoms with Gasteiger partial charge in [-0.3, -0.25) is 4.99 Å². The van der Waals surface area contributed by atoms with Crippen molar-refractivity contribution in [2.45, 2.75) is 51.9 Å². The molecule has 2 saturated carbocycles. The van der Waals surface area contributed by atoms with Crippen molar-refractivity contribution in [3.8, 4) is 0 Å². The maximum absolute atomic E-state index is 4.87. The van der Waals surface area contributed by atoms with Crippen molar-refractivity contribution in [2.24, 2.45) is 16.3 Å². The Morgan fingerprint density at radius 2 is 1.86 bits per heavy atom. The van der Waals surface area contributed by atoms with Gasteiger partial charge in [0.25, 0.3) is 0 Å². The molecule has 0 radical (unpaired) electrons. The number of piperidine rings is 1. The van der Waals surface area contributed by atoms with E-state index >= 15 is 0 Å². The number of hydrogen-bond donors (Lipinski definition) is 2. The molecule has 0 aromatic rings. The van der Waals surface area contributed by atoms with Gasteiger partial charge in [0, 0.05) is 26.2 Å². The van der Waals surface area contributed by atoms with Crippen LogP contribution in [0.5, 0.6) is 0 Å². The molecule has 0 aromatic carbocycles. The van der Waals surface area contributed by atoms with Crippen LogP contribution in [-0.2, 0) is 0 Å². The molecule has 4 nitrogen and oxygen atoms in total. The second-order valence-corrected chi connectivity index (χ2v) is 7.16. The zero-order chi connectivity index (χ0) is 14.5. The summed E-state index contributed by atoms with van der Waals surface area (Å²) < 4.78 is 0. The summed E-state index contributed by atoms with van der Waals surface area (Å²) in [6, 6.07) is 0. The van der Waals surface area contributed by atoms with Crippen molar-refractivity contribution in [1.29, 1.82) is 0 Å². The summed E-state index contributed by atoms with van der Waals surface area (Å²) in [6.07, 6.45) is 9.89. The van der Waals surface area contributed by atoms with E-state index in [1.165, 1.54) is 58.0 Å². The van der Waals surface area contributed by atoms with E-state index in [0.29, 0.717) is 5.41 Å². The van der Waals surface area contributed by atoms with E-state index in [4.69, 9.17) is 4.99 Å². The molecule has 1 saturated heterocycles. The highest BCUT2D eigenvalue weighted by Crippen LogP contribution is 2.61. The van der Waals surface area contributed by atoms with Gasteiger partial charge in [0.05, 0.1) is 0 Å². The monoisotopic (exact) mass is 420 g/mol. The highest BCUT2D eigenvalue weighted by atomic mass is 127. The van der Waals surface area contributed by atoms with E-state index in [1.54, 1.807) is 0 Å². The molecule has 0 atom stereocenters. The SMILES string of the molecule is CCNC(=NCC1(C2CC2)CC1)NCCN1CCCCC1.I. The molecule has 3 aliphatic rings. The van der Waals surface area contributed by atoms with Crippen LogP contribution in [-0.4, -0.2) is 50.1 Å². The smallest absolute Gasteiger partial charge is 0.191 e. The molecule has 2 N–H and O–H groups in total. The topological polar surface area (TPSA) is 39.7 Å². The van der Waals surface area contributed by atoms with E-state index in [0.717, 1.165) is 38.1 Å². The van der Waals surface area contributed by atoms with Gasteiger partial charge < -0.3 is 15.5 Å². The Kier molecular flexibility index (Phi) is 7.25. The summed E-state index contributed by atoms with van der Waals surface area (Å²) in [6.45, 7) is 8.86. The first-order valence-corrected chi connectivity index (χ1v) is 9.07. The number of guanidine groups is 1. The van der Waals surface area contributed by atoms with Crippen LogP contribution in [0.2, 0.25) is 0 Å². The largest absolute Gasteiger partial charge is 0.357 e. The molecule has 0 spiro atoms. The maximum atomic E-state index is 4.87. The molecule has 0 aromatic heterocycles. The quantitative estimate of drug-likeness (QED) is 0.378. The highest BCUT2D eigenvalue weighted by molar-refractivity contribution is 14.0. The number of halogens is 1. The Balaban J connectivity index is 0.00000176. The molecule has 3 fully saturated rings. The third-order valence-corrected chi connectivity index (χ3v) is 5.40. The number of rotatable bonds is 7. The van der Waals surface area contributed by atoms with Gasteiger partial charge in [-0.1, -0.05) is 6.42 Å². The fraction of sp³-hybridized carbons (Fsp3) is 0.941. The van der Waals surface area contributed by atoms with Gasteiger partial charge in [-0.05, 0) is 69.9 Å². The number of hydrogen-bond acceptors (Lipinski definition) is 2. The molecule has 1 heterocycles. The molecule has 5 heteroatoms. The molecule has 0 bridgehead atoms. The fourth-order valence-corrected chi connectivity index (χ4v) is 3.65. The zero-order valence-corrected chi connectivity index (χ0v) is 16.4. The maximum Gasteiger partial charge on any atom is 0.191 e. The van der Waals surface area contributed by atoms with Crippen LogP contribution in [0.25, 0.3) is 0 Å². The normalized spacial score (nSPS) is 24.5. The standard InChI is InChI=1S/C17H32N4.HI/c1-2-18-16(19-10-13-21-11-4-3-5-12-21)20-14-17(8-9-17)15-6-7-15;/h15H,2-14H2,1H3,(H2,18,19,20);1H. The minimum absolute atomic E-state index is 0. The lowest BCUT2D eigenvalue weighted by atomic mass is 10.0.